The molecule has 0 spiro atoms. The van der Waals surface area contributed by atoms with Crippen molar-refractivity contribution in [1.82, 2.24) is 5.32 Å². The van der Waals surface area contributed by atoms with Gasteiger partial charge in [0, 0.05) is 37.3 Å². The Morgan fingerprint density at radius 2 is 1.92 bits per heavy atom. The smallest absolute Gasteiger partial charge is 0.270 e. The lowest BCUT2D eigenvalue weighted by Gasteiger charge is -2.18. The van der Waals surface area contributed by atoms with Crippen LogP contribution in [-0.2, 0) is 0 Å². The first-order chi connectivity index (χ1) is 11.6. The lowest BCUT2D eigenvalue weighted by atomic mass is 9.96. The molecule has 0 heterocycles. The summed E-state index contributed by atoms with van der Waals surface area (Å²) in [7, 11) is 1.50. The Balaban J connectivity index is 2.22. The number of hydrogen-bond acceptors (Lipinski definition) is 4. The molecule has 0 aliphatic rings. The largest absolute Gasteiger partial charge is 0.384 e. The average molecular weight is 327 g/mol. The van der Waals surface area contributed by atoms with Gasteiger partial charge in [-0.05, 0) is 18.1 Å². The van der Waals surface area contributed by atoms with Gasteiger partial charge in [-0.25, -0.2) is 0 Å². The van der Waals surface area contributed by atoms with Crippen LogP contribution in [0.2, 0.25) is 0 Å². The van der Waals surface area contributed by atoms with Crippen LogP contribution < -0.4 is 10.6 Å². The van der Waals surface area contributed by atoms with E-state index in [1.54, 1.807) is 6.07 Å². The van der Waals surface area contributed by atoms with E-state index in [1.807, 2.05) is 18.2 Å². The summed E-state index contributed by atoms with van der Waals surface area (Å²) >= 11 is 0. The zero-order chi connectivity index (χ0) is 17.5. The Morgan fingerprint density at radius 3 is 2.50 bits per heavy atom. The lowest BCUT2D eigenvalue weighted by molar-refractivity contribution is -0.384. The topological polar surface area (TPSA) is 84.3 Å². The Hall–Kier alpha value is -2.89. The minimum Gasteiger partial charge on any atom is -0.384 e. The molecule has 0 saturated heterocycles. The summed E-state index contributed by atoms with van der Waals surface area (Å²) in [6, 6.07) is 14.4. The monoisotopic (exact) mass is 327 g/mol. The van der Waals surface area contributed by atoms with Gasteiger partial charge >= 0.3 is 0 Å². The van der Waals surface area contributed by atoms with Gasteiger partial charge in [-0.2, -0.15) is 0 Å². The molecular weight excluding hydrogens is 306 g/mol. The third-order valence-corrected chi connectivity index (χ3v) is 3.99. The van der Waals surface area contributed by atoms with E-state index in [9.17, 15) is 14.9 Å². The fourth-order valence-electron chi connectivity index (χ4n) is 2.58. The Kier molecular flexibility index (Phi) is 5.89. The first kappa shape index (κ1) is 17.5. The van der Waals surface area contributed by atoms with Crippen LogP contribution in [0.15, 0.2) is 48.5 Å². The maximum absolute atomic E-state index is 12.0. The molecule has 2 aromatic carbocycles. The zero-order valence-electron chi connectivity index (χ0n) is 13.8. The van der Waals surface area contributed by atoms with Crippen LogP contribution in [-0.4, -0.2) is 24.4 Å². The molecule has 0 fully saturated rings. The maximum atomic E-state index is 12.0. The molecule has 6 nitrogen and oxygen atoms in total. The average Bonchev–Trinajstić information content (AvgIpc) is 2.62. The third kappa shape index (κ3) is 4.10. The van der Waals surface area contributed by atoms with Gasteiger partial charge in [-0.15, -0.1) is 0 Å². The van der Waals surface area contributed by atoms with Gasteiger partial charge in [0.1, 0.15) is 0 Å². The van der Waals surface area contributed by atoms with Crippen LogP contribution in [0.5, 0.6) is 0 Å². The van der Waals surface area contributed by atoms with Crippen LogP contribution in [0.1, 0.15) is 35.2 Å². The highest BCUT2D eigenvalue weighted by molar-refractivity contribution is 6.00. The van der Waals surface area contributed by atoms with Gasteiger partial charge in [0.05, 0.1) is 10.5 Å². The van der Waals surface area contributed by atoms with Gasteiger partial charge in [0.15, 0.2) is 0 Å². The number of carbonyl (C=O) groups is 1. The van der Waals surface area contributed by atoms with Crippen molar-refractivity contribution >= 4 is 17.3 Å². The minimum absolute atomic E-state index is 0.103. The molecule has 0 aliphatic heterocycles. The van der Waals surface area contributed by atoms with Crippen molar-refractivity contribution < 1.29 is 9.72 Å². The van der Waals surface area contributed by atoms with Crippen molar-refractivity contribution in [1.29, 1.82) is 0 Å². The number of hydrogen-bond donors (Lipinski definition) is 2. The highest BCUT2D eigenvalue weighted by Gasteiger charge is 2.17. The zero-order valence-corrected chi connectivity index (χ0v) is 13.8. The minimum atomic E-state index is -0.505. The standard InChI is InChI=1S/C18H21N3O3/c1-3-13(14-7-5-4-6-8-14)12-20-17-10-9-15(21(23)24)11-16(17)18(22)19-2/h4-11,13,20H,3,12H2,1-2H3,(H,19,22). The van der Waals surface area contributed by atoms with Gasteiger partial charge < -0.3 is 10.6 Å². The third-order valence-electron chi connectivity index (χ3n) is 3.99. The first-order valence-corrected chi connectivity index (χ1v) is 7.86. The normalized spacial score (nSPS) is 11.6. The second-order valence-electron chi connectivity index (χ2n) is 5.46. The second kappa shape index (κ2) is 8.10. The number of nitrogens with zero attached hydrogens (tertiary/aromatic N) is 1. The van der Waals surface area contributed by atoms with Crippen molar-refractivity contribution in [2.75, 3.05) is 18.9 Å². The Labute approximate surface area is 141 Å². The van der Waals surface area contributed by atoms with E-state index >= 15 is 0 Å². The molecular formula is C18H21N3O3. The highest BCUT2D eigenvalue weighted by atomic mass is 16.6. The fraction of sp³-hybridized carbons (Fsp3) is 0.278. The summed E-state index contributed by atoms with van der Waals surface area (Å²) in [6.45, 7) is 2.75. The molecule has 2 rings (SSSR count). The van der Waals surface area contributed by atoms with E-state index in [0.29, 0.717) is 18.2 Å². The molecule has 0 saturated carbocycles. The van der Waals surface area contributed by atoms with Crippen LogP contribution in [0.25, 0.3) is 0 Å². The molecule has 1 amide bonds. The van der Waals surface area contributed by atoms with Crippen LogP contribution in [0.4, 0.5) is 11.4 Å². The summed E-state index contributed by atoms with van der Waals surface area (Å²) in [5, 5.41) is 16.7. The molecule has 0 aromatic heterocycles. The molecule has 24 heavy (non-hydrogen) atoms. The van der Waals surface area contributed by atoms with Gasteiger partial charge in [0.25, 0.3) is 11.6 Å². The summed E-state index contributed by atoms with van der Waals surface area (Å²) in [5.74, 6) is -0.0621. The van der Waals surface area contributed by atoms with Crippen LogP contribution in [0.3, 0.4) is 0 Å². The number of rotatable bonds is 7. The second-order valence-corrected chi connectivity index (χ2v) is 5.46. The molecule has 2 aromatic rings. The summed E-state index contributed by atoms with van der Waals surface area (Å²) in [5.41, 5.74) is 1.98. The molecule has 0 radical (unpaired) electrons. The van der Waals surface area contributed by atoms with Crippen molar-refractivity contribution in [3.63, 3.8) is 0 Å². The molecule has 126 valence electrons. The predicted molar refractivity (Wildman–Crippen MR) is 94.5 cm³/mol. The number of anilines is 1. The maximum Gasteiger partial charge on any atom is 0.270 e. The molecule has 0 bridgehead atoms. The van der Waals surface area contributed by atoms with E-state index in [-0.39, 0.29) is 17.2 Å². The first-order valence-electron chi connectivity index (χ1n) is 7.86. The number of benzene rings is 2. The predicted octanol–water partition coefficient (Wildman–Crippen LogP) is 3.56. The van der Waals surface area contributed by atoms with Gasteiger partial charge in [-0.3, -0.25) is 14.9 Å². The van der Waals surface area contributed by atoms with Gasteiger partial charge in [-0.1, -0.05) is 37.3 Å². The number of nitro groups is 1. The summed E-state index contributed by atoms with van der Waals surface area (Å²) in [6.07, 6.45) is 0.944. The number of amides is 1. The molecule has 2 N–H and O–H groups in total. The molecule has 1 unspecified atom stereocenters. The van der Waals surface area contributed by atoms with Crippen molar-refractivity contribution in [3.05, 3.63) is 69.8 Å². The Morgan fingerprint density at radius 1 is 1.21 bits per heavy atom. The highest BCUT2D eigenvalue weighted by Crippen LogP contribution is 2.25. The lowest BCUT2D eigenvalue weighted by Crippen LogP contribution is -2.21. The quantitative estimate of drug-likeness (QED) is 0.601. The molecule has 6 heteroatoms. The van der Waals surface area contributed by atoms with E-state index in [1.165, 1.54) is 24.7 Å². The van der Waals surface area contributed by atoms with E-state index in [0.717, 1.165) is 6.42 Å². The van der Waals surface area contributed by atoms with Crippen molar-refractivity contribution in [3.8, 4) is 0 Å². The molecule has 1 atom stereocenters. The SMILES string of the molecule is CCC(CNc1ccc([N+](=O)[O-])cc1C(=O)NC)c1ccccc1. The van der Waals surface area contributed by atoms with Gasteiger partial charge in [0.2, 0.25) is 0 Å². The van der Waals surface area contributed by atoms with Crippen molar-refractivity contribution in [2.45, 2.75) is 19.3 Å². The van der Waals surface area contributed by atoms with Crippen LogP contribution >= 0.6 is 0 Å². The van der Waals surface area contributed by atoms with E-state index < -0.39 is 4.92 Å². The fourth-order valence-corrected chi connectivity index (χ4v) is 2.58. The number of nitro benzene ring substituents is 1. The van der Waals surface area contributed by atoms with E-state index in [4.69, 9.17) is 0 Å². The number of nitrogens with one attached hydrogen (secondary N) is 2. The van der Waals surface area contributed by atoms with Crippen LogP contribution in [0, 0.1) is 10.1 Å². The number of carbonyl (C=O) groups excluding carboxylic acids is 1. The summed E-state index contributed by atoms with van der Waals surface area (Å²) < 4.78 is 0. The van der Waals surface area contributed by atoms with Crippen molar-refractivity contribution in [2.24, 2.45) is 0 Å². The Bertz CT molecular complexity index is 717. The molecule has 0 aliphatic carbocycles. The summed E-state index contributed by atoms with van der Waals surface area (Å²) in [4.78, 5) is 22.4. The van der Waals surface area contributed by atoms with E-state index in [2.05, 4.69) is 29.7 Å². The number of non-ortho nitro benzene ring substituents is 1.